The lowest BCUT2D eigenvalue weighted by Gasteiger charge is -2.26. The van der Waals surface area contributed by atoms with Crippen molar-refractivity contribution >= 4 is 5.57 Å². The van der Waals surface area contributed by atoms with E-state index in [0.717, 1.165) is 50.5 Å². The van der Waals surface area contributed by atoms with E-state index >= 15 is 0 Å². The number of halogens is 3. The number of nitrogens with zero attached hydrogens (tertiary/aromatic N) is 1. The van der Waals surface area contributed by atoms with E-state index in [1.807, 2.05) is 0 Å². The molecule has 30 heavy (non-hydrogen) atoms. The third kappa shape index (κ3) is 6.21. The van der Waals surface area contributed by atoms with Crippen LogP contribution in [0.4, 0.5) is 13.2 Å². The normalized spacial score (nSPS) is 15.3. The van der Waals surface area contributed by atoms with E-state index in [4.69, 9.17) is 0 Å². The highest BCUT2D eigenvalue weighted by Crippen LogP contribution is 2.32. The predicted octanol–water partition coefficient (Wildman–Crippen LogP) is 7.08. The second kappa shape index (κ2) is 10.3. The quantitative estimate of drug-likeness (QED) is 0.417. The monoisotopic (exact) mass is 415 g/mol. The van der Waals surface area contributed by atoms with Gasteiger partial charge in [0.15, 0.2) is 0 Å². The minimum Gasteiger partial charge on any atom is -0.299 e. The zero-order valence-corrected chi connectivity index (χ0v) is 18.1. The number of unbranched alkanes of at least 4 members (excludes halogenated alkanes) is 2. The van der Waals surface area contributed by atoms with E-state index in [2.05, 4.69) is 43.0 Å². The van der Waals surface area contributed by atoms with Crippen LogP contribution in [-0.4, -0.2) is 24.5 Å². The highest BCUT2D eigenvalue weighted by atomic mass is 19.4. The second-order valence-electron chi connectivity index (χ2n) is 8.33. The van der Waals surface area contributed by atoms with Gasteiger partial charge in [0.05, 0.1) is 5.56 Å². The van der Waals surface area contributed by atoms with Crippen molar-refractivity contribution in [1.82, 2.24) is 4.90 Å². The number of rotatable bonds is 8. The van der Waals surface area contributed by atoms with Gasteiger partial charge in [0.25, 0.3) is 0 Å². The van der Waals surface area contributed by atoms with Crippen molar-refractivity contribution < 1.29 is 13.2 Å². The minimum absolute atomic E-state index is 0.572. The van der Waals surface area contributed by atoms with Gasteiger partial charge in [-0.2, -0.15) is 13.2 Å². The zero-order chi connectivity index (χ0) is 21.6. The summed E-state index contributed by atoms with van der Waals surface area (Å²) in [5.41, 5.74) is 5.34. The van der Waals surface area contributed by atoms with Gasteiger partial charge < -0.3 is 0 Å². The SMILES string of the molecule is CCCCCc1ccc(CCN2CC=C(c3cccc(C(F)(F)F)c3)CC2)cc1C. The summed E-state index contributed by atoms with van der Waals surface area (Å²) < 4.78 is 38.9. The van der Waals surface area contributed by atoms with E-state index in [1.165, 1.54) is 48.1 Å². The van der Waals surface area contributed by atoms with Crippen molar-refractivity contribution in [3.05, 3.63) is 76.4 Å². The molecule has 0 bridgehead atoms. The average Bonchev–Trinajstić information content (AvgIpc) is 2.74. The van der Waals surface area contributed by atoms with Crippen LogP contribution in [0.3, 0.4) is 0 Å². The van der Waals surface area contributed by atoms with Crippen LogP contribution in [0.5, 0.6) is 0 Å². The molecule has 1 nitrogen and oxygen atoms in total. The molecule has 0 N–H and O–H groups in total. The first-order valence-electron chi connectivity index (χ1n) is 11.0. The number of hydrogen-bond acceptors (Lipinski definition) is 1. The fourth-order valence-corrected chi connectivity index (χ4v) is 4.12. The van der Waals surface area contributed by atoms with Crippen molar-refractivity contribution in [2.75, 3.05) is 19.6 Å². The van der Waals surface area contributed by atoms with Gasteiger partial charge in [0.2, 0.25) is 0 Å². The van der Waals surface area contributed by atoms with E-state index in [1.54, 1.807) is 6.07 Å². The van der Waals surface area contributed by atoms with Crippen molar-refractivity contribution in [3.63, 3.8) is 0 Å². The van der Waals surface area contributed by atoms with E-state index in [-0.39, 0.29) is 0 Å². The third-order valence-corrected chi connectivity index (χ3v) is 6.03. The predicted molar refractivity (Wildman–Crippen MR) is 119 cm³/mol. The van der Waals surface area contributed by atoms with Gasteiger partial charge in [-0.05, 0) is 72.6 Å². The van der Waals surface area contributed by atoms with Crippen LogP contribution in [-0.2, 0) is 19.0 Å². The molecule has 0 unspecified atom stereocenters. The van der Waals surface area contributed by atoms with Gasteiger partial charge in [-0.15, -0.1) is 0 Å². The van der Waals surface area contributed by atoms with Crippen LogP contribution < -0.4 is 0 Å². The molecular formula is C26H32F3N. The third-order valence-electron chi connectivity index (χ3n) is 6.03. The maximum atomic E-state index is 13.0. The average molecular weight is 416 g/mol. The molecule has 162 valence electrons. The lowest BCUT2D eigenvalue weighted by atomic mass is 9.97. The molecule has 0 radical (unpaired) electrons. The first-order chi connectivity index (χ1) is 14.4. The van der Waals surface area contributed by atoms with Gasteiger partial charge in [0, 0.05) is 19.6 Å². The van der Waals surface area contributed by atoms with Crippen molar-refractivity contribution in [2.45, 2.75) is 58.5 Å². The Bertz CT molecular complexity index is 867. The van der Waals surface area contributed by atoms with Gasteiger partial charge >= 0.3 is 6.18 Å². The Kier molecular flexibility index (Phi) is 7.76. The van der Waals surface area contributed by atoms with Crippen LogP contribution in [0, 0.1) is 6.92 Å². The summed E-state index contributed by atoms with van der Waals surface area (Å²) >= 11 is 0. The minimum atomic E-state index is -4.29. The number of alkyl halides is 3. The Morgan fingerprint density at radius 2 is 1.83 bits per heavy atom. The molecule has 0 saturated carbocycles. The molecule has 0 amide bonds. The summed E-state index contributed by atoms with van der Waals surface area (Å²) in [6, 6.07) is 12.5. The van der Waals surface area contributed by atoms with Gasteiger partial charge in [-0.25, -0.2) is 0 Å². The van der Waals surface area contributed by atoms with E-state index in [9.17, 15) is 13.2 Å². The molecule has 0 atom stereocenters. The van der Waals surface area contributed by atoms with Crippen molar-refractivity contribution in [1.29, 1.82) is 0 Å². The first kappa shape index (κ1) is 22.6. The Morgan fingerprint density at radius 3 is 2.50 bits per heavy atom. The molecule has 0 aliphatic carbocycles. The molecular weight excluding hydrogens is 383 g/mol. The molecule has 1 aliphatic heterocycles. The summed E-state index contributed by atoms with van der Waals surface area (Å²) in [5, 5.41) is 0. The van der Waals surface area contributed by atoms with Crippen LogP contribution in [0.25, 0.3) is 5.57 Å². The lowest BCUT2D eigenvalue weighted by molar-refractivity contribution is -0.137. The van der Waals surface area contributed by atoms with Crippen molar-refractivity contribution in [3.8, 4) is 0 Å². The highest BCUT2D eigenvalue weighted by Gasteiger charge is 2.30. The second-order valence-corrected chi connectivity index (χ2v) is 8.33. The molecule has 2 aromatic rings. The Morgan fingerprint density at radius 1 is 1.00 bits per heavy atom. The first-order valence-corrected chi connectivity index (χ1v) is 11.0. The summed E-state index contributed by atoms with van der Waals surface area (Å²) in [7, 11) is 0. The molecule has 2 aromatic carbocycles. The summed E-state index contributed by atoms with van der Waals surface area (Å²) in [6.45, 7) is 7.08. The van der Waals surface area contributed by atoms with E-state index < -0.39 is 11.7 Å². The fraction of sp³-hybridized carbons (Fsp3) is 0.462. The molecule has 3 rings (SSSR count). The van der Waals surface area contributed by atoms with Crippen LogP contribution >= 0.6 is 0 Å². The highest BCUT2D eigenvalue weighted by molar-refractivity contribution is 5.67. The Balaban J connectivity index is 1.53. The van der Waals surface area contributed by atoms with Gasteiger partial charge in [-0.1, -0.05) is 56.2 Å². The fourth-order valence-electron chi connectivity index (χ4n) is 4.12. The topological polar surface area (TPSA) is 3.24 Å². The summed E-state index contributed by atoms with van der Waals surface area (Å²) in [6.07, 6.45) is 4.53. The largest absolute Gasteiger partial charge is 0.416 e. The van der Waals surface area contributed by atoms with E-state index in [0.29, 0.717) is 5.56 Å². The number of hydrogen-bond donors (Lipinski definition) is 0. The zero-order valence-electron chi connectivity index (χ0n) is 18.1. The maximum Gasteiger partial charge on any atom is 0.416 e. The standard InChI is InChI=1S/C26H32F3N/c1-3-4-5-7-22-11-10-21(18-20(22)2)12-15-30-16-13-23(14-17-30)24-8-6-9-25(19-24)26(27,28)29/h6,8-11,13,18-19H,3-5,7,12,14-17H2,1-2H3. The molecule has 0 aromatic heterocycles. The number of aryl methyl sites for hydroxylation is 2. The van der Waals surface area contributed by atoms with Crippen LogP contribution in [0.2, 0.25) is 0 Å². The molecule has 0 spiro atoms. The maximum absolute atomic E-state index is 13.0. The van der Waals surface area contributed by atoms with Gasteiger partial charge in [-0.3, -0.25) is 4.90 Å². The molecule has 4 heteroatoms. The summed E-state index contributed by atoms with van der Waals surface area (Å²) in [5.74, 6) is 0. The van der Waals surface area contributed by atoms with Gasteiger partial charge in [0.1, 0.15) is 0 Å². The molecule has 1 heterocycles. The molecule has 0 fully saturated rings. The van der Waals surface area contributed by atoms with Crippen molar-refractivity contribution in [2.24, 2.45) is 0 Å². The lowest BCUT2D eigenvalue weighted by Crippen LogP contribution is -2.30. The smallest absolute Gasteiger partial charge is 0.299 e. The Hall–Kier alpha value is -2.07. The molecule has 1 aliphatic rings. The van der Waals surface area contributed by atoms with Crippen LogP contribution in [0.15, 0.2) is 48.5 Å². The summed E-state index contributed by atoms with van der Waals surface area (Å²) in [4.78, 5) is 2.38. The van der Waals surface area contributed by atoms with Crippen LogP contribution in [0.1, 0.15) is 60.4 Å². The Labute approximate surface area is 178 Å². The number of benzene rings is 2. The molecule has 0 saturated heterocycles.